The number of nitrogens with one attached hydrogen (secondary N) is 2. The second kappa shape index (κ2) is 12.9. The largest absolute Gasteiger partial charge is 0.310 e. The molecule has 0 saturated carbocycles. The Labute approximate surface area is 218 Å². The number of unbranched alkanes of at least 4 members (excludes halogenated alkanes) is 1. The van der Waals surface area contributed by atoms with Gasteiger partial charge in [-0.2, -0.15) is 0 Å². The van der Waals surface area contributed by atoms with E-state index in [4.69, 9.17) is 11.6 Å². The van der Waals surface area contributed by atoms with Gasteiger partial charge < -0.3 is 10.6 Å². The van der Waals surface area contributed by atoms with E-state index < -0.39 is 0 Å². The normalized spacial score (nSPS) is 10.7. The number of amides is 2. The Balaban J connectivity index is 1.15. The maximum absolute atomic E-state index is 12.3. The fourth-order valence-electron chi connectivity index (χ4n) is 3.51. The van der Waals surface area contributed by atoms with Crippen LogP contribution in [0.2, 0.25) is 5.02 Å². The van der Waals surface area contributed by atoms with Crippen molar-refractivity contribution in [1.82, 2.24) is 20.2 Å². The number of rotatable bonds is 11. The molecule has 0 atom stereocenters. The van der Waals surface area contributed by atoms with Crippen molar-refractivity contribution in [3.05, 3.63) is 93.8 Å². The van der Waals surface area contributed by atoms with Crippen LogP contribution in [0.25, 0.3) is 0 Å². The minimum absolute atomic E-state index is 0.125. The molecule has 3 aromatic heterocycles. The smallest absolute Gasteiger partial charge is 0.230 e. The highest BCUT2D eigenvalue weighted by molar-refractivity contribution is 7.15. The van der Waals surface area contributed by atoms with E-state index in [2.05, 4.69) is 30.8 Å². The summed E-state index contributed by atoms with van der Waals surface area (Å²) in [5.74, 6) is 0.236. The van der Waals surface area contributed by atoms with Gasteiger partial charge >= 0.3 is 0 Å². The van der Waals surface area contributed by atoms with Crippen LogP contribution in [-0.2, 0) is 35.3 Å². The van der Waals surface area contributed by atoms with Crippen LogP contribution >= 0.6 is 22.9 Å². The minimum Gasteiger partial charge on any atom is -0.310 e. The van der Waals surface area contributed by atoms with Crippen LogP contribution in [0.4, 0.5) is 10.9 Å². The summed E-state index contributed by atoms with van der Waals surface area (Å²) in [6.45, 7) is 0. The summed E-state index contributed by atoms with van der Waals surface area (Å²) in [5, 5.41) is 15.8. The van der Waals surface area contributed by atoms with Crippen LogP contribution in [-0.4, -0.2) is 32.0 Å². The third-order valence-electron chi connectivity index (χ3n) is 5.31. The highest BCUT2D eigenvalue weighted by Gasteiger charge is 2.11. The maximum Gasteiger partial charge on any atom is 0.230 e. The first-order valence-corrected chi connectivity index (χ1v) is 12.7. The van der Waals surface area contributed by atoms with Crippen LogP contribution in [0.1, 0.15) is 34.5 Å². The molecule has 0 aliphatic heterocycles. The van der Waals surface area contributed by atoms with Crippen molar-refractivity contribution in [3.63, 3.8) is 0 Å². The molecule has 2 N–H and O–H groups in total. The molecular formula is C26H25ClN6O2S. The van der Waals surface area contributed by atoms with Gasteiger partial charge in [-0.25, -0.2) is 4.98 Å². The van der Waals surface area contributed by atoms with Crippen LogP contribution in [0.3, 0.4) is 0 Å². The summed E-state index contributed by atoms with van der Waals surface area (Å²) in [6.07, 6.45) is 9.15. The monoisotopic (exact) mass is 520 g/mol. The van der Waals surface area contributed by atoms with E-state index in [0.29, 0.717) is 16.0 Å². The molecule has 0 radical (unpaired) electrons. The summed E-state index contributed by atoms with van der Waals surface area (Å²) >= 11 is 7.50. The molecule has 3 heterocycles. The summed E-state index contributed by atoms with van der Waals surface area (Å²) in [5.41, 5.74) is 2.73. The first-order valence-electron chi connectivity index (χ1n) is 11.5. The van der Waals surface area contributed by atoms with Gasteiger partial charge in [-0.15, -0.1) is 10.2 Å². The van der Waals surface area contributed by atoms with E-state index in [1.54, 1.807) is 30.7 Å². The predicted molar refractivity (Wildman–Crippen MR) is 141 cm³/mol. The fraction of sp³-hybridized carbons (Fsp3) is 0.231. The zero-order valence-corrected chi connectivity index (χ0v) is 21.1. The summed E-state index contributed by atoms with van der Waals surface area (Å²) < 4.78 is 0. The molecule has 0 saturated heterocycles. The number of pyridine rings is 2. The predicted octanol–water partition coefficient (Wildman–Crippen LogP) is 4.91. The number of nitrogens with zero attached hydrogens (tertiary/aromatic N) is 4. The lowest BCUT2D eigenvalue weighted by atomic mass is 10.1. The molecular weight excluding hydrogens is 496 g/mol. The van der Waals surface area contributed by atoms with Gasteiger partial charge in [-0.1, -0.05) is 53.3 Å². The van der Waals surface area contributed by atoms with E-state index in [1.807, 2.05) is 36.4 Å². The van der Waals surface area contributed by atoms with Crippen molar-refractivity contribution in [2.24, 2.45) is 0 Å². The van der Waals surface area contributed by atoms with Gasteiger partial charge in [0.1, 0.15) is 10.8 Å². The van der Waals surface area contributed by atoms with Crippen molar-refractivity contribution < 1.29 is 9.59 Å². The Morgan fingerprint density at radius 1 is 0.833 bits per heavy atom. The number of carbonyl (C=O) groups is 2. The molecule has 0 fully saturated rings. The van der Waals surface area contributed by atoms with E-state index in [-0.39, 0.29) is 24.7 Å². The lowest BCUT2D eigenvalue weighted by Crippen LogP contribution is -2.15. The molecule has 4 aromatic rings. The molecule has 184 valence electrons. The molecule has 0 unspecified atom stereocenters. The number of benzene rings is 1. The quantitative estimate of drug-likeness (QED) is 0.272. The third kappa shape index (κ3) is 7.93. The molecule has 10 heteroatoms. The first-order chi connectivity index (χ1) is 17.5. The number of anilines is 2. The highest BCUT2D eigenvalue weighted by atomic mass is 35.5. The lowest BCUT2D eigenvalue weighted by molar-refractivity contribution is -0.116. The average molecular weight is 521 g/mol. The fourth-order valence-corrected chi connectivity index (χ4v) is 4.51. The molecule has 1 aromatic carbocycles. The van der Waals surface area contributed by atoms with Gasteiger partial charge in [0.15, 0.2) is 0 Å². The Kier molecular flexibility index (Phi) is 9.07. The van der Waals surface area contributed by atoms with Crippen LogP contribution in [0, 0.1) is 0 Å². The van der Waals surface area contributed by atoms with Crippen molar-refractivity contribution in [3.8, 4) is 0 Å². The lowest BCUT2D eigenvalue weighted by Gasteiger charge is -2.06. The highest BCUT2D eigenvalue weighted by Crippen LogP contribution is 2.20. The average Bonchev–Trinajstić information content (AvgIpc) is 3.32. The zero-order valence-electron chi connectivity index (χ0n) is 19.5. The van der Waals surface area contributed by atoms with Gasteiger partial charge in [-0.3, -0.25) is 14.6 Å². The van der Waals surface area contributed by atoms with Gasteiger partial charge in [0.05, 0.1) is 12.8 Å². The van der Waals surface area contributed by atoms with Gasteiger partial charge in [-0.05, 0) is 54.2 Å². The summed E-state index contributed by atoms with van der Waals surface area (Å²) in [7, 11) is 0. The van der Waals surface area contributed by atoms with Gasteiger partial charge in [0.2, 0.25) is 16.9 Å². The Hall–Kier alpha value is -3.69. The van der Waals surface area contributed by atoms with Gasteiger partial charge in [0.25, 0.3) is 0 Å². The second-order valence-corrected chi connectivity index (χ2v) is 9.63. The molecule has 4 rings (SSSR count). The maximum atomic E-state index is 12.3. The molecule has 0 aliphatic carbocycles. The molecule has 0 spiro atoms. The van der Waals surface area contributed by atoms with E-state index in [1.165, 1.54) is 11.3 Å². The standard InChI is InChI=1S/C26H25ClN6O2S/c27-21-9-3-2-8-20(21)15-24(35)31-26-33-32-25(36-26)10-4-1-6-18-11-12-22(29-17-18)30-23(34)14-19-7-5-13-28-16-19/h2-3,5,7-9,11-13,16-17H,1,4,6,10,14-15H2,(H,29,30,34)(H,31,33,35). The molecule has 0 bridgehead atoms. The Morgan fingerprint density at radius 3 is 2.44 bits per heavy atom. The molecule has 8 nitrogen and oxygen atoms in total. The number of hydrogen-bond acceptors (Lipinski definition) is 7. The summed E-state index contributed by atoms with van der Waals surface area (Å²) in [6, 6.07) is 14.7. The van der Waals surface area contributed by atoms with Gasteiger partial charge in [0, 0.05) is 30.0 Å². The van der Waals surface area contributed by atoms with E-state index in [9.17, 15) is 9.59 Å². The number of aromatic nitrogens is 4. The minimum atomic E-state index is -0.171. The number of carbonyl (C=O) groups excluding carboxylic acids is 2. The van der Waals surface area contributed by atoms with Crippen molar-refractivity contribution in [2.75, 3.05) is 10.6 Å². The van der Waals surface area contributed by atoms with Crippen LogP contribution in [0.15, 0.2) is 67.1 Å². The number of halogens is 1. The Bertz CT molecular complexity index is 1300. The topological polar surface area (TPSA) is 110 Å². The van der Waals surface area contributed by atoms with Crippen molar-refractivity contribution >= 4 is 45.7 Å². The Morgan fingerprint density at radius 2 is 1.67 bits per heavy atom. The SMILES string of the molecule is O=C(Cc1cccnc1)Nc1ccc(CCCCc2nnc(NC(=O)Cc3ccccc3Cl)s2)cn1. The first kappa shape index (κ1) is 25.4. The molecule has 2 amide bonds. The zero-order chi connectivity index (χ0) is 25.2. The van der Waals surface area contributed by atoms with E-state index >= 15 is 0 Å². The second-order valence-electron chi connectivity index (χ2n) is 8.16. The van der Waals surface area contributed by atoms with Crippen molar-refractivity contribution in [1.29, 1.82) is 0 Å². The molecule has 0 aliphatic rings. The van der Waals surface area contributed by atoms with Crippen LogP contribution < -0.4 is 10.6 Å². The van der Waals surface area contributed by atoms with E-state index in [0.717, 1.165) is 47.4 Å². The van der Waals surface area contributed by atoms with Crippen LogP contribution in [0.5, 0.6) is 0 Å². The molecule has 36 heavy (non-hydrogen) atoms. The number of hydrogen-bond donors (Lipinski definition) is 2. The third-order valence-corrected chi connectivity index (χ3v) is 6.58. The van der Waals surface area contributed by atoms with Crippen molar-refractivity contribution in [2.45, 2.75) is 38.5 Å². The summed E-state index contributed by atoms with van der Waals surface area (Å²) in [4.78, 5) is 32.8. The number of aryl methyl sites for hydroxylation is 2.